The van der Waals surface area contributed by atoms with Crippen molar-refractivity contribution >= 4 is 11.4 Å². The summed E-state index contributed by atoms with van der Waals surface area (Å²) in [5.74, 6) is 1.22. The Morgan fingerprint density at radius 1 is 1.32 bits per heavy atom. The van der Waals surface area contributed by atoms with Gasteiger partial charge in [0.15, 0.2) is 5.75 Å². The first-order valence-electron chi connectivity index (χ1n) is 6.43. The molecule has 5 nitrogen and oxygen atoms in total. The van der Waals surface area contributed by atoms with Gasteiger partial charge >= 0.3 is 0 Å². The summed E-state index contributed by atoms with van der Waals surface area (Å²) in [6, 6.07) is 9.33. The Morgan fingerprint density at radius 2 is 2.16 bits per heavy atom. The Labute approximate surface area is 110 Å². The molecule has 0 spiro atoms. The van der Waals surface area contributed by atoms with Crippen LogP contribution in [0.1, 0.15) is 19.8 Å². The average molecular weight is 257 g/mol. The molecule has 1 aromatic carbocycles. The highest BCUT2D eigenvalue weighted by Gasteiger charge is 2.25. The number of anilines is 2. The molecule has 0 radical (unpaired) electrons. The van der Waals surface area contributed by atoms with Crippen LogP contribution in [0, 0.1) is 0 Å². The monoisotopic (exact) mass is 257 g/mol. The summed E-state index contributed by atoms with van der Waals surface area (Å²) in [6.07, 6.45) is 2.13. The summed E-state index contributed by atoms with van der Waals surface area (Å²) >= 11 is 0. The van der Waals surface area contributed by atoms with Crippen LogP contribution >= 0.6 is 0 Å². The summed E-state index contributed by atoms with van der Waals surface area (Å²) in [5.41, 5.74) is 1.50. The van der Waals surface area contributed by atoms with Crippen LogP contribution in [-0.4, -0.2) is 16.7 Å². The third-order valence-corrected chi connectivity index (χ3v) is 3.14. The molecule has 1 N–H and O–H groups in total. The minimum atomic E-state index is -0.219. The molecule has 1 aromatic heterocycles. The second-order valence-electron chi connectivity index (χ2n) is 4.50. The summed E-state index contributed by atoms with van der Waals surface area (Å²) in [5, 5.41) is 6.38. The Hall–Kier alpha value is -2.30. The first-order valence-corrected chi connectivity index (χ1v) is 6.43. The van der Waals surface area contributed by atoms with Crippen molar-refractivity contribution in [3.05, 3.63) is 40.7 Å². The van der Waals surface area contributed by atoms with Crippen molar-refractivity contribution < 1.29 is 4.74 Å². The lowest BCUT2D eigenvalue weighted by atomic mass is 10.2. The number of hydrogen-bond acceptors (Lipinski definition) is 4. The van der Waals surface area contributed by atoms with Crippen molar-refractivity contribution in [3.8, 4) is 11.6 Å². The third-order valence-electron chi connectivity index (χ3n) is 3.14. The molecule has 3 rings (SSSR count). The fourth-order valence-electron chi connectivity index (χ4n) is 2.21. The summed E-state index contributed by atoms with van der Waals surface area (Å²) in [6.45, 7) is 2.98. The molecule has 0 unspecified atom stereocenters. The van der Waals surface area contributed by atoms with Gasteiger partial charge in [-0.15, -0.1) is 5.10 Å². The number of H-pyrrole nitrogens is 1. The standard InChI is InChI=1S/C14H15N3O2/c1-2-3-8-17-10-6-4-5-7-12(10)19-14-11(17)9-13(18)15-16-14/h4-7,9H,2-3,8H2,1H3,(H,15,18). The first kappa shape index (κ1) is 11.8. The van der Waals surface area contributed by atoms with Gasteiger partial charge in [-0.2, -0.15) is 0 Å². The average Bonchev–Trinajstić information content (AvgIpc) is 2.44. The van der Waals surface area contributed by atoms with E-state index in [4.69, 9.17) is 4.74 Å². The number of nitrogens with one attached hydrogen (secondary N) is 1. The number of para-hydroxylation sites is 2. The second-order valence-corrected chi connectivity index (χ2v) is 4.50. The number of unbranched alkanes of at least 4 members (excludes halogenated alkanes) is 1. The van der Waals surface area contributed by atoms with E-state index in [1.165, 1.54) is 6.07 Å². The van der Waals surface area contributed by atoms with Crippen LogP contribution in [-0.2, 0) is 0 Å². The molecule has 0 amide bonds. The van der Waals surface area contributed by atoms with Crippen LogP contribution in [0.25, 0.3) is 0 Å². The molecule has 0 saturated heterocycles. The molecule has 0 bridgehead atoms. The SMILES string of the molecule is CCCCN1c2ccccc2Oc2n[nH]c(=O)cc21. The van der Waals surface area contributed by atoms with Gasteiger partial charge in [-0.3, -0.25) is 4.79 Å². The summed E-state index contributed by atoms with van der Waals surface area (Å²) in [7, 11) is 0. The summed E-state index contributed by atoms with van der Waals surface area (Å²) < 4.78 is 5.72. The molecular formula is C14H15N3O2. The van der Waals surface area contributed by atoms with E-state index in [0.29, 0.717) is 5.88 Å². The number of aromatic nitrogens is 2. The highest BCUT2D eigenvalue weighted by Crippen LogP contribution is 2.44. The van der Waals surface area contributed by atoms with Crippen molar-refractivity contribution in [2.24, 2.45) is 0 Å². The van der Waals surface area contributed by atoms with E-state index in [9.17, 15) is 4.79 Å². The number of fused-ring (bicyclic) bond motifs is 2. The number of rotatable bonds is 3. The molecule has 0 fully saturated rings. The van der Waals surface area contributed by atoms with Gasteiger partial charge in [0, 0.05) is 12.6 Å². The van der Waals surface area contributed by atoms with Crippen LogP contribution < -0.4 is 15.2 Å². The van der Waals surface area contributed by atoms with Gasteiger partial charge in [0.1, 0.15) is 5.69 Å². The fraction of sp³-hybridized carbons (Fsp3) is 0.286. The number of aromatic amines is 1. The Balaban J connectivity index is 2.10. The first-order chi connectivity index (χ1) is 9.29. The molecule has 5 heteroatoms. The lowest BCUT2D eigenvalue weighted by Crippen LogP contribution is -2.25. The maximum Gasteiger partial charge on any atom is 0.266 e. The molecule has 98 valence electrons. The predicted octanol–water partition coefficient (Wildman–Crippen LogP) is 2.81. The zero-order valence-electron chi connectivity index (χ0n) is 10.7. The van der Waals surface area contributed by atoms with Crippen LogP contribution in [0.4, 0.5) is 11.4 Å². The molecule has 0 aliphatic carbocycles. The number of hydrogen-bond donors (Lipinski definition) is 1. The maximum atomic E-state index is 11.5. The Morgan fingerprint density at radius 3 is 3.00 bits per heavy atom. The van der Waals surface area contributed by atoms with E-state index in [1.54, 1.807) is 0 Å². The van der Waals surface area contributed by atoms with Crippen molar-refractivity contribution in [2.45, 2.75) is 19.8 Å². The molecule has 1 aliphatic heterocycles. The molecule has 1 aliphatic rings. The van der Waals surface area contributed by atoms with E-state index >= 15 is 0 Å². The normalized spacial score (nSPS) is 12.6. The summed E-state index contributed by atoms with van der Waals surface area (Å²) in [4.78, 5) is 13.6. The van der Waals surface area contributed by atoms with Gasteiger partial charge in [-0.25, -0.2) is 5.10 Å². The highest BCUT2D eigenvalue weighted by molar-refractivity contribution is 5.75. The minimum Gasteiger partial charge on any atom is -0.434 e. The van der Waals surface area contributed by atoms with Crippen LogP contribution in [0.5, 0.6) is 11.6 Å². The maximum absolute atomic E-state index is 11.5. The van der Waals surface area contributed by atoms with Gasteiger partial charge in [0.05, 0.1) is 5.69 Å². The molecular weight excluding hydrogens is 242 g/mol. The van der Waals surface area contributed by atoms with E-state index in [0.717, 1.165) is 36.5 Å². The Bertz CT molecular complexity index is 651. The third kappa shape index (κ3) is 2.07. The lowest BCUT2D eigenvalue weighted by Gasteiger charge is -2.31. The minimum absolute atomic E-state index is 0.219. The molecule has 19 heavy (non-hydrogen) atoms. The van der Waals surface area contributed by atoms with Gasteiger partial charge in [-0.05, 0) is 18.6 Å². The van der Waals surface area contributed by atoms with Crippen molar-refractivity contribution in [2.75, 3.05) is 11.4 Å². The lowest BCUT2D eigenvalue weighted by molar-refractivity contribution is 0.444. The van der Waals surface area contributed by atoms with Crippen molar-refractivity contribution in [1.82, 2.24) is 10.2 Å². The van der Waals surface area contributed by atoms with E-state index < -0.39 is 0 Å². The fourth-order valence-corrected chi connectivity index (χ4v) is 2.21. The largest absolute Gasteiger partial charge is 0.434 e. The van der Waals surface area contributed by atoms with E-state index in [-0.39, 0.29) is 5.56 Å². The Kier molecular flexibility index (Phi) is 2.95. The van der Waals surface area contributed by atoms with E-state index in [1.807, 2.05) is 24.3 Å². The van der Waals surface area contributed by atoms with E-state index in [2.05, 4.69) is 22.0 Å². The smallest absolute Gasteiger partial charge is 0.266 e. The van der Waals surface area contributed by atoms with Gasteiger partial charge in [-0.1, -0.05) is 25.5 Å². The number of benzene rings is 1. The van der Waals surface area contributed by atoms with Gasteiger partial charge in [0.2, 0.25) is 0 Å². The quantitative estimate of drug-likeness (QED) is 0.918. The van der Waals surface area contributed by atoms with Crippen LogP contribution in [0.3, 0.4) is 0 Å². The van der Waals surface area contributed by atoms with Crippen molar-refractivity contribution in [1.29, 1.82) is 0 Å². The number of nitrogens with zero attached hydrogens (tertiary/aromatic N) is 2. The topological polar surface area (TPSA) is 58.2 Å². The molecule has 0 atom stereocenters. The van der Waals surface area contributed by atoms with Crippen LogP contribution in [0.15, 0.2) is 35.1 Å². The van der Waals surface area contributed by atoms with Crippen molar-refractivity contribution in [3.63, 3.8) is 0 Å². The molecule has 2 heterocycles. The zero-order valence-corrected chi connectivity index (χ0v) is 10.7. The molecule has 2 aromatic rings. The molecule has 0 saturated carbocycles. The van der Waals surface area contributed by atoms with Crippen LogP contribution in [0.2, 0.25) is 0 Å². The predicted molar refractivity (Wildman–Crippen MR) is 73.3 cm³/mol. The van der Waals surface area contributed by atoms with Gasteiger partial charge in [0.25, 0.3) is 11.4 Å². The number of ether oxygens (including phenoxy) is 1. The zero-order chi connectivity index (χ0) is 13.2. The van der Waals surface area contributed by atoms with Gasteiger partial charge < -0.3 is 9.64 Å². The highest BCUT2D eigenvalue weighted by atomic mass is 16.5. The second kappa shape index (κ2) is 4.76.